The van der Waals surface area contributed by atoms with E-state index in [1.165, 1.54) is 0 Å². The molecule has 4 N–H and O–H groups in total. The molecule has 0 aromatic heterocycles. The molecule has 2 aliphatic carbocycles. The van der Waals surface area contributed by atoms with Crippen LogP contribution in [0.1, 0.15) is 51.0 Å². The van der Waals surface area contributed by atoms with E-state index in [0.717, 1.165) is 56.6 Å². The molecule has 1 aromatic rings. The minimum atomic E-state index is -0.513. The molecule has 6 heteroatoms. The van der Waals surface area contributed by atoms with Crippen molar-refractivity contribution in [2.24, 2.45) is 10.9 Å². The number of aliphatic imine (C=N–C) groups is 1. The van der Waals surface area contributed by atoms with Gasteiger partial charge in [-0.2, -0.15) is 0 Å². The van der Waals surface area contributed by atoms with Crippen molar-refractivity contribution in [2.45, 2.75) is 70.1 Å². The van der Waals surface area contributed by atoms with Gasteiger partial charge < -0.3 is 21.1 Å². The number of guanidine groups is 1. The van der Waals surface area contributed by atoms with Crippen LogP contribution in [-0.2, 0) is 11.2 Å². The normalized spacial score (nSPS) is 23.7. The molecule has 0 saturated heterocycles. The molecule has 3 atom stereocenters. The molecule has 3 unspecified atom stereocenters. The van der Waals surface area contributed by atoms with E-state index in [0.29, 0.717) is 19.0 Å². The summed E-state index contributed by atoms with van der Waals surface area (Å²) in [6.45, 7) is 3.14. The summed E-state index contributed by atoms with van der Waals surface area (Å²) < 4.78 is 0. The predicted octanol–water partition coefficient (Wildman–Crippen LogP) is 1.98. The maximum Gasteiger partial charge on any atom is 0.223 e. The Balaban J connectivity index is 1.49. The second-order valence-electron chi connectivity index (χ2n) is 8.05. The lowest BCUT2D eigenvalue weighted by molar-refractivity contribution is -0.126. The fourth-order valence-corrected chi connectivity index (χ4v) is 3.77. The average Bonchev–Trinajstić information content (AvgIpc) is 3.51. The van der Waals surface area contributed by atoms with Crippen LogP contribution in [0, 0.1) is 5.92 Å². The minimum absolute atomic E-state index is 0.0957. The molecule has 2 fully saturated rings. The summed E-state index contributed by atoms with van der Waals surface area (Å²) in [6, 6.07) is 10.6. The maximum atomic E-state index is 12.4. The molecule has 1 amide bonds. The van der Waals surface area contributed by atoms with Crippen molar-refractivity contribution >= 4 is 11.9 Å². The van der Waals surface area contributed by atoms with E-state index in [4.69, 9.17) is 0 Å². The summed E-state index contributed by atoms with van der Waals surface area (Å²) in [5.41, 5.74) is 1.11. The van der Waals surface area contributed by atoms with Gasteiger partial charge in [-0.3, -0.25) is 9.79 Å². The van der Waals surface area contributed by atoms with Gasteiger partial charge in [-0.1, -0.05) is 36.8 Å². The van der Waals surface area contributed by atoms with Crippen LogP contribution in [0.25, 0.3) is 0 Å². The quantitative estimate of drug-likeness (QED) is 0.407. The van der Waals surface area contributed by atoms with Crippen molar-refractivity contribution in [1.82, 2.24) is 16.0 Å². The Morgan fingerprint density at radius 1 is 1.14 bits per heavy atom. The van der Waals surface area contributed by atoms with E-state index in [-0.39, 0.29) is 17.9 Å². The second-order valence-corrected chi connectivity index (χ2v) is 8.05. The van der Waals surface area contributed by atoms with Crippen molar-refractivity contribution in [2.75, 3.05) is 13.1 Å². The number of carbonyl (C=O) groups excluding carboxylic acids is 1. The molecule has 2 aliphatic rings. The lowest BCUT2D eigenvalue weighted by Crippen LogP contribution is -2.47. The Hall–Kier alpha value is -2.08. The van der Waals surface area contributed by atoms with Crippen LogP contribution >= 0.6 is 0 Å². The molecule has 6 nitrogen and oxygen atoms in total. The Morgan fingerprint density at radius 3 is 2.64 bits per heavy atom. The third kappa shape index (κ3) is 6.82. The third-order valence-corrected chi connectivity index (χ3v) is 5.43. The maximum absolute atomic E-state index is 12.4. The molecule has 0 aliphatic heterocycles. The van der Waals surface area contributed by atoms with Crippen LogP contribution in [-0.4, -0.2) is 48.3 Å². The summed E-state index contributed by atoms with van der Waals surface area (Å²) in [5.74, 6) is 1.04. The zero-order valence-electron chi connectivity index (χ0n) is 16.9. The topological polar surface area (TPSA) is 85.8 Å². The number of benzene rings is 1. The lowest BCUT2D eigenvalue weighted by atomic mass is 9.85. The fourth-order valence-electron chi connectivity index (χ4n) is 3.77. The van der Waals surface area contributed by atoms with Gasteiger partial charge in [0.25, 0.3) is 0 Å². The Labute approximate surface area is 168 Å². The SMILES string of the molecule is CCNC(=NCC(O)Cc1ccccc1)NC1CCCC(C(=O)NC2CC2)C1. The summed E-state index contributed by atoms with van der Waals surface area (Å²) >= 11 is 0. The van der Waals surface area contributed by atoms with Crippen molar-refractivity contribution in [3.8, 4) is 0 Å². The number of aliphatic hydroxyl groups excluding tert-OH is 1. The molecule has 0 spiro atoms. The van der Waals surface area contributed by atoms with Crippen LogP contribution in [0.5, 0.6) is 0 Å². The van der Waals surface area contributed by atoms with Crippen LogP contribution in [0.4, 0.5) is 0 Å². The van der Waals surface area contributed by atoms with E-state index in [2.05, 4.69) is 20.9 Å². The van der Waals surface area contributed by atoms with Crippen molar-refractivity contribution in [3.63, 3.8) is 0 Å². The number of carbonyl (C=O) groups is 1. The fraction of sp³-hybridized carbons (Fsp3) is 0.636. The third-order valence-electron chi connectivity index (χ3n) is 5.43. The van der Waals surface area contributed by atoms with Crippen molar-refractivity contribution in [1.29, 1.82) is 0 Å². The molecular weight excluding hydrogens is 352 g/mol. The highest BCUT2D eigenvalue weighted by molar-refractivity contribution is 5.81. The zero-order valence-corrected chi connectivity index (χ0v) is 16.9. The second kappa shape index (κ2) is 10.5. The molecular formula is C22H34N4O2. The van der Waals surface area contributed by atoms with Gasteiger partial charge in [0.05, 0.1) is 12.6 Å². The Morgan fingerprint density at radius 2 is 1.93 bits per heavy atom. The van der Waals surface area contributed by atoms with Gasteiger partial charge in [0, 0.05) is 31.0 Å². The molecule has 2 saturated carbocycles. The molecule has 0 heterocycles. The first-order chi connectivity index (χ1) is 13.6. The van der Waals surface area contributed by atoms with Gasteiger partial charge in [0.15, 0.2) is 5.96 Å². The van der Waals surface area contributed by atoms with Crippen LogP contribution in [0.15, 0.2) is 35.3 Å². The van der Waals surface area contributed by atoms with E-state index in [1.54, 1.807) is 0 Å². The molecule has 28 heavy (non-hydrogen) atoms. The Kier molecular flexibility index (Phi) is 7.71. The van der Waals surface area contributed by atoms with Gasteiger partial charge in [-0.05, 0) is 44.6 Å². The van der Waals surface area contributed by atoms with Crippen molar-refractivity contribution in [3.05, 3.63) is 35.9 Å². The largest absolute Gasteiger partial charge is 0.391 e. The molecule has 1 aromatic carbocycles. The van der Waals surface area contributed by atoms with Crippen LogP contribution in [0.3, 0.4) is 0 Å². The van der Waals surface area contributed by atoms with E-state index in [9.17, 15) is 9.90 Å². The number of nitrogens with one attached hydrogen (secondary N) is 3. The van der Waals surface area contributed by atoms with Crippen LogP contribution < -0.4 is 16.0 Å². The molecule has 154 valence electrons. The summed E-state index contributed by atoms with van der Waals surface area (Å²) in [7, 11) is 0. The molecule has 3 rings (SSSR count). The van der Waals surface area contributed by atoms with Crippen molar-refractivity contribution < 1.29 is 9.90 Å². The first-order valence-electron chi connectivity index (χ1n) is 10.7. The first kappa shape index (κ1) is 20.6. The smallest absolute Gasteiger partial charge is 0.223 e. The monoisotopic (exact) mass is 386 g/mol. The number of rotatable bonds is 8. The number of amides is 1. The van der Waals surface area contributed by atoms with E-state index < -0.39 is 6.10 Å². The number of hydrogen-bond donors (Lipinski definition) is 4. The summed E-state index contributed by atoms with van der Waals surface area (Å²) in [4.78, 5) is 17.0. The van der Waals surface area contributed by atoms with E-state index >= 15 is 0 Å². The highest BCUT2D eigenvalue weighted by Crippen LogP contribution is 2.26. The molecule has 0 radical (unpaired) electrons. The summed E-state index contributed by atoms with van der Waals surface area (Å²) in [6.07, 6.45) is 6.25. The highest BCUT2D eigenvalue weighted by Gasteiger charge is 2.31. The number of hydrogen-bond acceptors (Lipinski definition) is 3. The zero-order chi connectivity index (χ0) is 19.8. The van der Waals surface area contributed by atoms with Gasteiger partial charge in [0.1, 0.15) is 0 Å². The minimum Gasteiger partial charge on any atom is -0.391 e. The number of nitrogens with zero attached hydrogens (tertiary/aromatic N) is 1. The van der Waals surface area contributed by atoms with Gasteiger partial charge in [-0.15, -0.1) is 0 Å². The van der Waals surface area contributed by atoms with Gasteiger partial charge in [0.2, 0.25) is 5.91 Å². The van der Waals surface area contributed by atoms with Crippen LogP contribution in [0.2, 0.25) is 0 Å². The highest BCUT2D eigenvalue weighted by atomic mass is 16.3. The Bertz CT molecular complexity index is 645. The summed E-state index contributed by atoms with van der Waals surface area (Å²) in [5, 5.41) is 20.2. The average molecular weight is 387 g/mol. The molecule has 0 bridgehead atoms. The van der Waals surface area contributed by atoms with E-state index in [1.807, 2.05) is 37.3 Å². The standard InChI is InChI=1S/C22H34N4O2/c1-2-23-22(24-15-20(27)13-16-7-4-3-5-8-16)26-19-10-6-9-17(14-19)21(28)25-18-11-12-18/h3-5,7-8,17-20,27H,2,6,9-15H2,1H3,(H,25,28)(H2,23,24,26). The first-order valence-corrected chi connectivity index (χ1v) is 10.7. The van der Waals surface area contributed by atoms with Gasteiger partial charge >= 0.3 is 0 Å². The predicted molar refractivity (Wildman–Crippen MR) is 112 cm³/mol. The lowest BCUT2D eigenvalue weighted by Gasteiger charge is -2.30. The number of aliphatic hydroxyl groups is 1. The van der Waals surface area contributed by atoms with Gasteiger partial charge in [-0.25, -0.2) is 0 Å².